The maximum Gasteiger partial charge on any atom is 0.248 e. The molecule has 10 heteroatoms. The van der Waals surface area contributed by atoms with Crippen LogP contribution in [-0.4, -0.2) is 43.4 Å². The number of benzene rings is 2. The van der Waals surface area contributed by atoms with Gasteiger partial charge in [0.15, 0.2) is 12.0 Å². The maximum atomic E-state index is 14.4. The van der Waals surface area contributed by atoms with Crippen LogP contribution >= 0.6 is 23.2 Å². The maximum absolute atomic E-state index is 14.4. The highest BCUT2D eigenvalue weighted by Gasteiger charge is 2.47. The lowest BCUT2D eigenvalue weighted by Crippen LogP contribution is -2.49. The molecule has 5 rings (SSSR count). The summed E-state index contributed by atoms with van der Waals surface area (Å²) in [6, 6.07) is 11.1. The first-order chi connectivity index (χ1) is 16.2. The highest BCUT2D eigenvalue weighted by molar-refractivity contribution is 6.33. The number of likely N-dealkylation sites (N-methyl/N-ethyl adjacent to an activating group) is 1. The van der Waals surface area contributed by atoms with Crippen LogP contribution in [0.4, 0.5) is 20.3 Å². The van der Waals surface area contributed by atoms with E-state index in [4.69, 9.17) is 33.7 Å². The molecule has 0 saturated carbocycles. The van der Waals surface area contributed by atoms with Gasteiger partial charge in [-0.25, -0.2) is 13.8 Å². The number of epoxide rings is 1. The Bertz CT molecular complexity index is 1270. The predicted octanol–water partition coefficient (Wildman–Crippen LogP) is 4.99. The molecule has 2 unspecified atom stereocenters. The summed E-state index contributed by atoms with van der Waals surface area (Å²) in [4.78, 5) is 19.9. The Balaban J connectivity index is 1.50. The Kier molecular flexibility index (Phi) is 5.83. The number of amides is 1. The van der Waals surface area contributed by atoms with Crippen molar-refractivity contribution in [3.63, 3.8) is 0 Å². The Morgan fingerprint density at radius 1 is 1.21 bits per heavy atom. The zero-order chi connectivity index (χ0) is 24.1. The number of pyridine rings is 1. The van der Waals surface area contributed by atoms with Crippen molar-refractivity contribution < 1.29 is 18.3 Å². The van der Waals surface area contributed by atoms with Gasteiger partial charge in [0.05, 0.1) is 18.8 Å². The van der Waals surface area contributed by atoms with E-state index in [1.165, 1.54) is 12.1 Å². The van der Waals surface area contributed by atoms with Crippen molar-refractivity contribution >= 4 is 40.6 Å². The Hall–Kier alpha value is -2.94. The summed E-state index contributed by atoms with van der Waals surface area (Å²) in [6.07, 6.45) is -0.372. The molecule has 2 aliphatic rings. The average molecular weight is 505 g/mol. The molecule has 3 heterocycles. The fraction of sp³-hybridized carbons (Fsp3) is 0.250. The number of hydrogen-bond acceptors (Lipinski definition) is 5. The molecule has 2 aliphatic heterocycles. The van der Waals surface area contributed by atoms with E-state index >= 15 is 0 Å². The number of nitrogens with two attached hydrogens (primary N) is 1. The minimum absolute atomic E-state index is 0.217. The van der Waals surface area contributed by atoms with E-state index < -0.39 is 30.2 Å². The molecular weight excluding hydrogens is 485 g/mol. The van der Waals surface area contributed by atoms with Gasteiger partial charge in [-0.3, -0.25) is 4.79 Å². The predicted molar refractivity (Wildman–Crippen MR) is 128 cm³/mol. The molecule has 2 fully saturated rings. The lowest BCUT2D eigenvalue weighted by atomic mass is 10.0. The lowest BCUT2D eigenvalue weighted by molar-refractivity contribution is 0.100. The zero-order valence-corrected chi connectivity index (χ0v) is 19.5. The second kappa shape index (κ2) is 8.69. The molecule has 2 saturated heterocycles. The Morgan fingerprint density at radius 3 is 2.65 bits per heavy atom. The Morgan fingerprint density at radius 2 is 1.97 bits per heavy atom. The number of alkyl halides is 1. The van der Waals surface area contributed by atoms with E-state index in [-0.39, 0.29) is 18.1 Å². The molecule has 2 atom stereocenters. The average Bonchev–Trinajstić information content (AvgIpc) is 3.56. The normalized spacial score (nSPS) is 19.6. The second-order valence-electron chi connectivity index (χ2n) is 8.32. The van der Waals surface area contributed by atoms with Gasteiger partial charge in [-0.2, -0.15) is 0 Å². The first kappa shape index (κ1) is 22.8. The number of rotatable bonds is 6. The number of carbonyl (C=O) groups excluding carboxylic acids is 1. The summed E-state index contributed by atoms with van der Waals surface area (Å²) in [7, 11) is 1.78. The molecule has 0 aliphatic carbocycles. The third-order valence-corrected chi connectivity index (χ3v) is 6.71. The Labute approximate surface area is 204 Å². The van der Waals surface area contributed by atoms with Crippen molar-refractivity contribution in [3.05, 3.63) is 75.7 Å². The molecule has 1 aromatic heterocycles. The number of carbonyl (C=O) groups is 1. The number of nitrogens with zero attached hydrogens (tertiary/aromatic N) is 3. The molecule has 2 aromatic carbocycles. The SMILES string of the molecule is CN(c1ncc(-c2cc(C(N)=O)ccc2Cl)cc1N1CC(F)C1)C1OC1c1c(F)cccc1Cl. The largest absolute Gasteiger partial charge is 0.366 e. The monoisotopic (exact) mass is 504 g/mol. The van der Waals surface area contributed by atoms with Crippen LogP contribution in [0.3, 0.4) is 0 Å². The van der Waals surface area contributed by atoms with Crippen LogP contribution in [0.5, 0.6) is 0 Å². The van der Waals surface area contributed by atoms with E-state index in [1.807, 2.05) is 11.0 Å². The van der Waals surface area contributed by atoms with Crippen LogP contribution in [0.25, 0.3) is 11.1 Å². The number of aromatic nitrogens is 1. The molecule has 1 amide bonds. The minimum atomic E-state index is -0.939. The summed E-state index contributed by atoms with van der Waals surface area (Å²) in [5.41, 5.74) is 7.92. The van der Waals surface area contributed by atoms with E-state index in [9.17, 15) is 13.6 Å². The van der Waals surface area contributed by atoms with Crippen LogP contribution in [0.1, 0.15) is 22.0 Å². The number of anilines is 2. The molecule has 3 aromatic rings. The molecular formula is C24H20Cl2F2N4O2. The van der Waals surface area contributed by atoms with Gasteiger partial charge in [-0.1, -0.05) is 29.3 Å². The lowest BCUT2D eigenvalue weighted by Gasteiger charge is -2.38. The fourth-order valence-electron chi connectivity index (χ4n) is 4.13. The molecule has 0 bridgehead atoms. The minimum Gasteiger partial charge on any atom is -0.366 e. The summed E-state index contributed by atoms with van der Waals surface area (Å²) >= 11 is 12.6. The molecule has 0 radical (unpaired) electrons. The van der Waals surface area contributed by atoms with Gasteiger partial charge in [-0.15, -0.1) is 0 Å². The van der Waals surface area contributed by atoms with E-state index in [0.717, 1.165) is 0 Å². The quantitative estimate of drug-likeness (QED) is 0.478. The molecule has 2 N–H and O–H groups in total. The first-order valence-corrected chi connectivity index (χ1v) is 11.3. The van der Waals surface area contributed by atoms with Crippen LogP contribution in [0, 0.1) is 5.82 Å². The third-order valence-electron chi connectivity index (χ3n) is 6.06. The van der Waals surface area contributed by atoms with E-state index in [0.29, 0.717) is 38.8 Å². The number of hydrogen-bond donors (Lipinski definition) is 1. The van der Waals surface area contributed by atoms with Crippen molar-refractivity contribution in [1.29, 1.82) is 0 Å². The number of halogens is 4. The molecule has 34 heavy (non-hydrogen) atoms. The zero-order valence-electron chi connectivity index (χ0n) is 18.0. The smallest absolute Gasteiger partial charge is 0.248 e. The summed E-state index contributed by atoms with van der Waals surface area (Å²) < 4.78 is 33.9. The summed E-state index contributed by atoms with van der Waals surface area (Å²) in [6.45, 7) is 0.435. The standard InChI is InChI=1S/C24H20Cl2F2N4O2/c1-31(24-21(34-24)20-17(26)3-2-4-18(20)28)23-19(32-10-14(27)11-32)8-13(9-30-23)15-7-12(22(29)33)5-6-16(15)25/h2-9,14,21,24H,10-11H2,1H3,(H2,29,33). The fourth-order valence-corrected chi connectivity index (χ4v) is 4.63. The number of ether oxygens (including phenoxy) is 1. The molecule has 0 spiro atoms. The summed E-state index contributed by atoms with van der Waals surface area (Å²) in [5.74, 6) is -0.476. The third kappa shape index (κ3) is 4.06. The van der Waals surface area contributed by atoms with Crippen LogP contribution in [0.2, 0.25) is 10.0 Å². The van der Waals surface area contributed by atoms with Crippen LogP contribution in [-0.2, 0) is 4.74 Å². The van der Waals surface area contributed by atoms with Crippen molar-refractivity contribution in [1.82, 2.24) is 4.98 Å². The highest BCUT2D eigenvalue weighted by atomic mass is 35.5. The van der Waals surface area contributed by atoms with Gasteiger partial charge in [0.2, 0.25) is 5.91 Å². The van der Waals surface area contributed by atoms with Crippen molar-refractivity contribution in [2.75, 3.05) is 29.9 Å². The molecule has 176 valence electrons. The van der Waals surface area contributed by atoms with Gasteiger partial charge < -0.3 is 20.3 Å². The van der Waals surface area contributed by atoms with Gasteiger partial charge in [0, 0.05) is 45.5 Å². The van der Waals surface area contributed by atoms with Gasteiger partial charge in [0.25, 0.3) is 0 Å². The van der Waals surface area contributed by atoms with Crippen LogP contribution < -0.4 is 15.5 Å². The van der Waals surface area contributed by atoms with E-state index in [2.05, 4.69) is 4.98 Å². The van der Waals surface area contributed by atoms with Crippen molar-refractivity contribution in [3.8, 4) is 11.1 Å². The van der Waals surface area contributed by atoms with E-state index in [1.54, 1.807) is 42.4 Å². The highest BCUT2D eigenvalue weighted by Crippen LogP contribution is 2.47. The molecule has 6 nitrogen and oxygen atoms in total. The number of primary amides is 1. The van der Waals surface area contributed by atoms with Gasteiger partial charge in [-0.05, 0) is 36.4 Å². The summed E-state index contributed by atoms with van der Waals surface area (Å²) in [5, 5.41) is 0.710. The van der Waals surface area contributed by atoms with Gasteiger partial charge in [0.1, 0.15) is 18.1 Å². The van der Waals surface area contributed by atoms with Crippen LogP contribution in [0.15, 0.2) is 48.7 Å². The first-order valence-electron chi connectivity index (χ1n) is 10.6. The second-order valence-corrected chi connectivity index (χ2v) is 9.14. The van der Waals surface area contributed by atoms with Gasteiger partial charge >= 0.3 is 0 Å². The van der Waals surface area contributed by atoms with Crippen molar-refractivity contribution in [2.45, 2.75) is 18.5 Å². The van der Waals surface area contributed by atoms with Crippen molar-refractivity contribution in [2.24, 2.45) is 5.73 Å². The topological polar surface area (TPSA) is 75.0 Å².